The number of hydrogen-bond acceptors (Lipinski definition) is 5. The van der Waals surface area contributed by atoms with Crippen LogP contribution in [0.3, 0.4) is 0 Å². The Morgan fingerprint density at radius 3 is 2.65 bits per heavy atom. The summed E-state index contributed by atoms with van der Waals surface area (Å²) < 4.78 is 23.4. The SMILES string of the molecule is COc1cnc(C(=O)Cc2ccccc2F)c(OC)n1. The fraction of sp³-hybridized carbons (Fsp3) is 0.214. The van der Waals surface area contributed by atoms with E-state index >= 15 is 0 Å². The summed E-state index contributed by atoms with van der Waals surface area (Å²) in [5.74, 6) is -0.502. The summed E-state index contributed by atoms with van der Waals surface area (Å²) in [5.41, 5.74) is 0.355. The average molecular weight is 276 g/mol. The van der Waals surface area contributed by atoms with Gasteiger partial charge in [-0.2, -0.15) is 4.98 Å². The van der Waals surface area contributed by atoms with Crippen LogP contribution >= 0.6 is 0 Å². The molecule has 0 spiro atoms. The van der Waals surface area contributed by atoms with Crippen LogP contribution in [0.2, 0.25) is 0 Å². The third-order valence-electron chi connectivity index (χ3n) is 2.69. The van der Waals surface area contributed by atoms with Crippen molar-refractivity contribution < 1.29 is 18.7 Å². The Bertz CT molecular complexity index is 632. The normalized spacial score (nSPS) is 10.2. The zero-order chi connectivity index (χ0) is 14.5. The van der Waals surface area contributed by atoms with Gasteiger partial charge in [-0.15, -0.1) is 0 Å². The molecule has 0 amide bonds. The van der Waals surface area contributed by atoms with Crippen molar-refractivity contribution in [2.24, 2.45) is 0 Å². The van der Waals surface area contributed by atoms with Gasteiger partial charge in [0.05, 0.1) is 20.4 Å². The molecule has 0 unspecified atom stereocenters. The molecule has 6 heteroatoms. The highest BCUT2D eigenvalue weighted by Crippen LogP contribution is 2.19. The lowest BCUT2D eigenvalue weighted by molar-refractivity contribution is 0.0982. The lowest BCUT2D eigenvalue weighted by Gasteiger charge is -2.07. The van der Waals surface area contributed by atoms with Crippen LogP contribution in [-0.4, -0.2) is 30.0 Å². The molecule has 2 rings (SSSR count). The molecule has 0 bridgehead atoms. The second kappa shape index (κ2) is 6.10. The average Bonchev–Trinajstić information content (AvgIpc) is 2.48. The minimum Gasteiger partial charge on any atom is -0.480 e. The van der Waals surface area contributed by atoms with E-state index in [2.05, 4.69) is 9.97 Å². The van der Waals surface area contributed by atoms with Gasteiger partial charge in [-0.25, -0.2) is 9.37 Å². The highest BCUT2D eigenvalue weighted by Gasteiger charge is 2.18. The lowest BCUT2D eigenvalue weighted by Crippen LogP contribution is -2.11. The maximum absolute atomic E-state index is 13.5. The van der Waals surface area contributed by atoms with Crippen molar-refractivity contribution in [2.75, 3.05) is 14.2 Å². The predicted octanol–water partition coefficient (Wildman–Crippen LogP) is 2.06. The molecule has 0 saturated heterocycles. The molecule has 0 atom stereocenters. The number of Topliss-reactive ketones (excluding diaryl/α,β-unsaturated/α-hetero) is 1. The summed E-state index contributed by atoms with van der Waals surface area (Å²) in [6.07, 6.45) is 1.21. The number of ketones is 1. The Morgan fingerprint density at radius 1 is 1.25 bits per heavy atom. The first kappa shape index (κ1) is 13.9. The van der Waals surface area contributed by atoms with Gasteiger partial charge < -0.3 is 9.47 Å². The van der Waals surface area contributed by atoms with E-state index < -0.39 is 5.82 Å². The number of ether oxygens (including phenoxy) is 2. The highest BCUT2D eigenvalue weighted by atomic mass is 19.1. The van der Waals surface area contributed by atoms with E-state index in [1.54, 1.807) is 18.2 Å². The van der Waals surface area contributed by atoms with Crippen LogP contribution in [-0.2, 0) is 6.42 Å². The van der Waals surface area contributed by atoms with E-state index in [0.29, 0.717) is 5.56 Å². The largest absolute Gasteiger partial charge is 0.480 e. The molecule has 20 heavy (non-hydrogen) atoms. The summed E-state index contributed by atoms with van der Waals surface area (Å²) in [6, 6.07) is 6.09. The Kier molecular flexibility index (Phi) is 4.24. The fourth-order valence-electron chi connectivity index (χ4n) is 1.69. The van der Waals surface area contributed by atoms with Gasteiger partial charge in [0.1, 0.15) is 5.82 Å². The standard InChI is InChI=1S/C14H13FN2O3/c1-19-12-8-16-13(14(17-12)20-2)11(18)7-9-5-3-4-6-10(9)15/h3-6,8H,7H2,1-2H3. The molecule has 1 aromatic heterocycles. The Balaban J connectivity index is 2.27. The summed E-state index contributed by atoms with van der Waals surface area (Å²) in [7, 11) is 2.81. The molecule has 0 radical (unpaired) electrons. The van der Waals surface area contributed by atoms with Crippen molar-refractivity contribution in [3.05, 3.63) is 47.5 Å². The second-order valence-electron chi connectivity index (χ2n) is 3.96. The van der Waals surface area contributed by atoms with Crippen molar-refractivity contribution in [3.8, 4) is 11.8 Å². The molecule has 0 aliphatic rings. The summed E-state index contributed by atoms with van der Waals surface area (Å²) in [4.78, 5) is 20.1. The minimum atomic E-state index is -0.429. The van der Waals surface area contributed by atoms with Crippen molar-refractivity contribution in [1.82, 2.24) is 9.97 Å². The van der Waals surface area contributed by atoms with Crippen LogP contribution < -0.4 is 9.47 Å². The van der Waals surface area contributed by atoms with Crippen LogP contribution in [0.25, 0.3) is 0 Å². The van der Waals surface area contributed by atoms with Gasteiger partial charge in [0.2, 0.25) is 11.8 Å². The Labute approximate surface area is 115 Å². The fourth-order valence-corrected chi connectivity index (χ4v) is 1.69. The number of carbonyl (C=O) groups is 1. The molecular formula is C14H13FN2O3. The molecule has 0 saturated carbocycles. The van der Waals surface area contributed by atoms with E-state index in [1.165, 1.54) is 26.5 Å². The number of methoxy groups -OCH3 is 2. The predicted molar refractivity (Wildman–Crippen MR) is 69.6 cm³/mol. The first-order valence-electron chi connectivity index (χ1n) is 5.87. The molecule has 0 aliphatic heterocycles. The van der Waals surface area contributed by atoms with Crippen molar-refractivity contribution in [2.45, 2.75) is 6.42 Å². The van der Waals surface area contributed by atoms with E-state index in [1.807, 2.05) is 0 Å². The van der Waals surface area contributed by atoms with Crippen LogP contribution in [0.5, 0.6) is 11.8 Å². The van der Waals surface area contributed by atoms with Gasteiger partial charge in [0.15, 0.2) is 11.5 Å². The summed E-state index contributed by atoms with van der Waals surface area (Å²) in [6.45, 7) is 0. The maximum atomic E-state index is 13.5. The number of benzene rings is 1. The maximum Gasteiger partial charge on any atom is 0.246 e. The molecule has 104 valence electrons. The topological polar surface area (TPSA) is 61.3 Å². The van der Waals surface area contributed by atoms with Gasteiger partial charge in [-0.05, 0) is 11.6 Å². The Hall–Kier alpha value is -2.50. The first-order valence-corrected chi connectivity index (χ1v) is 5.87. The number of nitrogens with zero attached hydrogens (tertiary/aromatic N) is 2. The van der Waals surface area contributed by atoms with E-state index in [9.17, 15) is 9.18 Å². The first-order chi connectivity index (χ1) is 9.65. The number of aromatic nitrogens is 2. The zero-order valence-electron chi connectivity index (χ0n) is 11.1. The van der Waals surface area contributed by atoms with E-state index in [0.717, 1.165) is 0 Å². The lowest BCUT2D eigenvalue weighted by atomic mass is 10.1. The molecule has 5 nitrogen and oxygen atoms in total. The van der Waals surface area contributed by atoms with Crippen molar-refractivity contribution in [1.29, 1.82) is 0 Å². The van der Waals surface area contributed by atoms with Gasteiger partial charge >= 0.3 is 0 Å². The second-order valence-corrected chi connectivity index (χ2v) is 3.96. The van der Waals surface area contributed by atoms with Gasteiger partial charge in [-0.3, -0.25) is 4.79 Å². The van der Waals surface area contributed by atoms with Gasteiger partial charge in [0, 0.05) is 6.42 Å². The smallest absolute Gasteiger partial charge is 0.246 e. The van der Waals surface area contributed by atoms with Crippen LogP contribution in [0.1, 0.15) is 16.1 Å². The van der Waals surface area contributed by atoms with Crippen LogP contribution in [0.4, 0.5) is 4.39 Å². The Morgan fingerprint density at radius 2 is 2.00 bits per heavy atom. The van der Waals surface area contributed by atoms with Crippen LogP contribution in [0, 0.1) is 5.82 Å². The van der Waals surface area contributed by atoms with E-state index in [4.69, 9.17) is 9.47 Å². The van der Waals surface area contributed by atoms with Gasteiger partial charge in [0.25, 0.3) is 0 Å². The number of hydrogen-bond donors (Lipinski definition) is 0. The van der Waals surface area contributed by atoms with Crippen molar-refractivity contribution >= 4 is 5.78 Å². The summed E-state index contributed by atoms with van der Waals surface area (Å²) in [5, 5.41) is 0. The highest BCUT2D eigenvalue weighted by molar-refractivity contribution is 5.97. The number of rotatable bonds is 5. The molecule has 0 aliphatic carbocycles. The molecule has 1 heterocycles. The molecule has 1 aromatic carbocycles. The molecule has 0 fully saturated rings. The third kappa shape index (κ3) is 2.90. The minimum absolute atomic E-state index is 0.0524. The van der Waals surface area contributed by atoms with Crippen molar-refractivity contribution in [3.63, 3.8) is 0 Å². The number of carbonyl (C=O) groups excluding carboxylic acids is 1. The third-order valence-corrected chi connectivity index (χ3v) is 2.69. The molecule has 2 aromatic rings. The van der Waals surface area contributed by atoms with Gasteiger partial charge in [-0.1, -0.05) is 18.2 Å². The summed E-state index contributed by atoms with van der Waals surface area (Å²) >= 11 is 0. The monoisotopic (exact) mass is 276 g/mol. The quantitative estimate of drug-likeness (QED) is 0.782. The molecule has 0 N–H and O–H groups in total. The molecular weight excluding hydrogens is 263 g/mol. The zero-order valence-corrected chi connectivity index (χ0v) is 11.1. The van der Waals surface area contributed by atoms with Crippen LogP contribution in [0.15, 0.2) is 30.5 Å². The van der Waals surface area contributed by atoms with E-state index in [-0.39, 0.29) is 29.7 Å². The number of halogens is 1.